The normalized spacial score (nSPS) is 18.8. The number of carbonyl (C=O) groups is 1. The van der Waals surface area contributed by atoms with Crippen LogP contribution in [0.5, 0.6) is 0 Å². The number of rotatable bonds is 8. The second kappa shape index (κ2) is 11.2. The summed E-state index contributed by atoms with van der Waals surface area (Å²) in [6, 6.07) is 0. The second-order valence-corrected chi connectivity index (χ2v) is 5.43. The Morgan fingerprint density at radius 2 is 2.29 bits per heavy atom. The van der Waals surface area contributed by atoms with Crippen LogP contribution < -0.4 is 10.6 Å². The second-order valence-electron chi connectivity index (χ2n) is 4.45. The molecular weight excluding hydrogens is 256 g/mol. The van der Waals surface area contributed by atoms with Crippen LogP contribution in [0.2, 0.25) is 0 Å². The van der Waals surface area contributed by atoms with Crippen molar-refractivity contribution in [3.05, 3.63) is 0 Å². The standard InChI is InChI=1S/C12H24N2OS.ClH/c1-16-9-3-2-4-12(15)14-8-6-11-5-7-13-10-11;/h11,13H,2-10H2,1H3,(H,14,15);1H. The molecule has 0 aromatic carbocycles. The highest BCUT2D eigenvalue weighted by Crippen LogP contribution is 2.10. The minimum Gasteiger partial charge on any atom is -0.356 e. The molecule has 2 N–H and O–H groups in total. The van der Waals surface area contributed by atoms with Gasteiger partial charge in [0, 0.05) is 13.0 Å². The maximum Gasteiger partial charge on any atom is 0.219 e. The van der Waals surface area contributed by atoms with Crippen LogP contribution in [0.1, 0.15) is 32.1 Å². The molecule has 0 aromatic heterocycles. The molecule has 0 aliphatic carbocycles. The highest BCUT2D eigenvalue weighted by molar-refractivity contribution is 7.98. The summed E-state index contributed by atoms with van der Waals surface area (Å²) < 4.78 is 0. The number of amides is 1. The van der Waals surface area contributed by atoms with Crippen LogP contribution in [0.3, 0.4) is 0 Å². The van der Waals surface area contributed by atoms with Gasteiger partial charge in [-0.25, -0.2) is 0 Å². The fourth-order valence-corrected chi connectivity index (χ4v) is 2.49. The minimum atomic E-state index is 0. The van der Waals surface area contributed by atoms with Gasteiger partial charge in [-0.2, -0.15) is 11.8 Å². The maximum absolute atomic E-state index is 11.4. The Morgan fingerprint density at radius 1 is 1.47 bits per heavy atom. The van der Waals surface area contributed by atoms with Gasteiger partial charge < -0.3 is 10.6 Å². The molecule has 1 atom stereocenters. The Bertz CT molecular complexity index is 199. The predicted molar refractivity (Wildman–Crippen MR) is 78.1 cm³/mol. The molecule has 1 aliphatic heterocycles. The maximum atomic E-state index is 11.4. The summed E-state index contributed by atoms with van der Waals surface area (Å²) in [7, 11) is 0. The lowest BCUT2D eigenvalue weighted by Gasteiger charge is -2.09. The van der Waals surface area contributed by atoms with E-state index >= 15 is 0 Å². The van der Waals surface area contributed by atoms with Gasteiger partial charge in [-0.3, -0.25) is 4.79 Å². The lowest BCUT2D eigenvalue weighted by molar-refractivity contribution is -0.121. The molecule has 1 unspecified atom stereocenters. The molecule has 1 rings (SSSR count). The Kier molecular flexibility index (Phi) is 11.2. The molecule has 0 radical (unpaired) electrons. The van der Waals surface area contributed by atoms with Crippen LogP contribution in [0, 0.1) is 5.92 Å². The molecule has 1 fully saturated rings. The first kappa shape index (κ1) is 17.1. The van der Waals surface area contributed by atoms with Gasteiger partial charge in [0.25, 0.3) is 0 Å². The summed E-state index contributed by atoms with van der Waals surface area (Å²) in [4.78, 5) is 11.4. The van der Waals surface area contributed by atoms with E-state index in [4.69, 9.17) is 0 Å². The van der Waals surface area contributed by atoms with Crippen LogP contribution in [-0.4, -0.2) is 37.6 Å². The Hall–Kier alpha value is 0.0700. The van der Waals surface area contributed by atoms with Crippen molar-refractivity contribution in [2.45, 2.75) is 32.1 Å². The van der Waals surface area contributed by atoms with Crippen molar-refractivity contribution < 1.29 is 4.79 Å². The lowest BCUT2D eigenvalue weighted by Crippen LogP contribution is -2.26. The molecule has 1 aliphatic rings. The zero-order chi connectivity index (χ0) is 11.6. The van der Waals surface area contributed by atoms with Gasteiger partial charge in [0.15, 0.2) is 0 Å². The van der Waals surface area contributed by atoms with Crippen LogP contribution in [0.4, 0.5) is 0 Å². The third-order valence-electron chi connectivity index (χ3n) is 3.04. The molecule has 0 spiro atoms. The molecule has 1 amide bonds. The van der Waals surface area contributed by atoms with Crippen LogP contribution in [0.25, 0.3) is 0 Å². The van der Waals surface area contributed by atoms with E-state index < -0.39 is 0 Å². The third-order valence-corrected chi connectivity index (χ3v) is 3.74. The highest BCUT2D eigenvalue weighted by atomic mass is 35.5. The number of unbranched alkanes of at least 4 members (excludes halogenated alkanes) is 1. The number of carbonyl (C=O) groups excluding carboxylic acids is 1. The fourth-order valence-electron chi connectivity index (χ4n) is 2.00. The molecule has 1 saturated heterocycles. The van der Waals surface area contributed by atoms with Crippen LogP contribution >= 0.6 is 24.2 Å². The van der Waals surface area contributed by atoms with Crippen molar-refractivity contribution in [3.63, 3.8) is 0 Å². The van der Waals surface area contributed by atoms with Crippen molar-refractivity contribution >= 4 is 30.1 Å². The molecule has 0 aromatic rings. The third kappa shape index (κ3) is 8.75. The molecule has 1 heterocycles. The lowest BCUT2D eigenvalue weighted by atomic mass is 10.1. The summed E-state index contributed by atoms with van der Waals surface area (Å²) in [5.74, 6) is 2.17. The van der Waals surface area contributed by atoms with Gasteiger partial charge in [-0.15, -0.1) is 12.4 Å². The minimum absolute atomic E-state index is 0. The summed E-state index contributed by atoms with van der Waals surface area (Å²) in [6.45, 7) is 3.13. The van der Waals surface area contributed by atoms with Gasteiger partial charge in [-0.1, -0.05) is 0 Å². The van der Waals surface area contributed by atoms with Crippen molar-refractivity contribution in [3.8, 4) is 0 Å². The zero-order valence-corrected chi connectivity index (χ0v) is 12.3. The summed E-state index contributed by atoms with van der Waals surface area (Å²) >= 11 is 1.85. The Morgan fingerprint density at radius 3 is 2.94 bits per heavy atom. The molecule has 3 nitrogen and oxygen atoms in total. The average Bonchev–Trinajstić information content (AvgIpc) is 2.77. The largest absolute Gasteiger partial charge is 0.356 e. The van der Waals surface area contributed by atoms with Gasteiger partial charge in [0.1, 0.15) is 0 Å². The molecule has 0 saturated carbocycles. The van der Waals surface area contributed by atoms with Crippen molar-refractivity contribution in [1.29, 1.82) is 0 Å². The number of halogens is 1. The number of hydrogen-bond donors (Lipinski definition) is 2. The molecule has 102 valence electrons. The number of hydrogen-bond acceptors (Lipinski definition) is 3. The fraction of sp³-hybridized carbons (Fsp3) is 0.917. The first-order chi connectivity index (χ1) is 7.83. The van der Waals surface area contributed by atoms with E-state index in [1.807, 2.05) is 11.8 Å². The topological polar surface area (TPSA) is 41.1 Å². The van der Waals surface area contributed by atoms with Gasteiger partial charge >= 0.3 is 0 Å². The van der Waals surface area contributed by atoms with E-state index in [-0.39, 0.29) is 18.3 Å². The predicted octanol–water partition coefficient (Wildman–Crippen LogP) is 2.06. The SMILES string of the molecule is CSCCCCC(=O)NCCC1CCNC1.Cl. The van der Waals surface area contributed by atoms with E-state index in [1.54, 1.807) is 0 Å². The van der Waals surface area contributed by atoms with Crippen LogP contribution in [0.15, 0.2) is 0 Å². The van der Waals surface area contributed by atoms with E-state index in [2.05, 4.69) is 16.9 Å². The first-order valence-corrected chi connectivity index (χ1v) is 7.68. The summed E-state index contributed by atoms with van der Waals surface area (Å²) in [5.41, 5.74) is 0. The van der Waals surface area contributed by atoms with Crippen molar-refractivity contribution in [2.24, 2.45) is 5.92 Å². The van der Waals surface area contributed by atoms with Gasteiger partial charge in [0.05, 0.1) is 0 Å². The molecule has 17 heavy (non-hydrogen) atoms. The first-order valence-electron chi connectivity index (χ1n) is 6.29. The molecule has 0 bridgehead atoms. The number of nitrogens with one attached hydrogen (secondary N) is 2. The molecular formula is C12H25ClN2OS. The van der Waals surface area contributed by atoms with E-state index in [9.17, 15) is 4.79 Å². The highest BCUT2D eigenvalue weighted by Gasteiger charge is 2.13. The summed E-state index contributed by atoms with van der Waals surface area (Å²) in [6.07, 6.45) is 7.38. The summed E-state index contributed by atoms with van der Waals surface area (Å²) in [5, 5.41) is 6.36. The van der Waals surface area contributed by atoms with Gasteiger partial charge in [-0.05, 0) is 56.7 Å². The van der Waals surface area contributed by atoms with Crippen LogP contribution in [-0.2, 0) is 4.79 Å². The van der Waals surface area contributed by atoms with E-state index in [0.29, 0.717) is 6.42 Å². The van der Waals surface area contributed by atoms with E-state index in [0.717, 1.165) is 44.8 Å². The van der Waals surface area contributed by atoms with Crippen molar-refractivity contribution in [2.75, 3.05) is 31.6 Å². The Labute approximate surface area is 115 Å². The number of thioether (sulfide) groups is 1. The zero-order valence-electron chi connectivity index (χ0n) is 10.7. The van der Waals surface area contributed by atoms with E-state index in [1.165, 1.54) is 12.2 Å². The Balaban J connectivity index is 0.00000256. The molecule has 5 heteroatoms. The smallest absolute Gasteiger partial charge is 0.219 e. The average molecular weight is 281 g/mol. The van der Waals surface area contributed by atoms with Gasteiger partial charge in [0.2, 0.25) is 5.91 Å². The monoisotopic (exact) mass is 280 g/mol. The van der Waals surface area contributed by atoms with Crippen molar-refractivity contribution in [1.82, 2.24) is 10.6 Å². The quantitative estimate of drug-likeness (QED) is 0.669.